The fourth-order valence-electron chi connectivity index (χ4n) is 6.19. The number of methoxy groups -OCH3 is 2. The van der Waals surface area contributed by atoms with Gasteiger partial charge in [0.15, 0.2) is 0 Å². The molecule has 2 fully saturated rings. The SMILES string of the molecule is COc1ccc(NC(=O)NC(Cc2ccccc2)C(=O)N2CC3(C)CC2CC(C)(C)C3)c(OC)c1. The second-order valence-corrected chi connectivity index (χ2v) is 11.1. The first-order valence-corrected chi connectivity index (χ1v) is 12.3. The summed E-state index contributed by atoms with van der Waals surface area (Å²) in [6.07, 6.45) is 3.54. The lowest BCUT2D eigenvalue weighted by atomic mass is 9.65. The maximum Gasteiger partial charge on any atom is 0.320 e. The minimum atomic E-state index is -0.673. The van der Waals surface area contributed by atoms with Crippen LogP contribution in [0.5, 0.6) is 11.5 Å². The molecular formula is C28H37N3O4. The van der Waals surface area contributed by atoms with E-state index in [1.54, 1.807) is 25.3 Å². The summed E-state index contributed by atoms with van der Waals surface area (Å²) in [5.74, 6) is 1.09. The number of likely N-dealkylation sites (tertiary alicyclic amines) is 1. The predicted octanol–water partition coefficient (Wildman–Crippen LogP) is 4.86. The van der Waals surface area contributed by atoms with Gasteiger partial charge in [-0.1, -0.05) is 51.1 Å². The van der Waals surface area contributed by atoms with E-state index in [2.05, 4.69) is 31.4 Å². The zero-order chi connectivity index (χ0) is 25.2. The topological polar surface area (TPSA) is 79.9 Å². The predicted molar refractivity (Wildman–Crippen MR) is 137 cm³/mol. The van der Waals surface area contributed by atoms with Gasteiger partial charge in [0, 0.05) is 25.1 Å². The Balaban J connectivity index is 1.53. The molecule has 2 aromatic carbocycles. The van der Waals surface area contributed by atoms with Crippen molar-refractivity contribution < 1.29 is 19.1 Å². The summed E-state index contributed by atoms with van der Waals surface area (Å²) in [7, 11) is 3.11. The van der Waals surface area contributed by atoms with Crippen molar-refractivity contribution in [3.63, 3.8) is 0 Å². The van der Waals surface area contributed by atoms with Gasteiger partial charge in [0.1, 0.15) is 17.5 Å². The van der Waals surface area contributed by atoms with Crippen LogP contribution >= 0.6 is 0 Å². The van der Waals surface area contributed by atoms with Crippen molar-refractivity contribution in [1.82, 2.24) is 10.2 Å². The summed E-state index contributed by atoms with van der Waals surface area (Å²) in [5, 5.41) is 5.80. The molecule has 1 saturated carbocycles. The average molecular weight is 480 g/mol. The van der Waals surface area contributed by atoms with Crippen molar-refractivity contribution >= 4 is 17.6 Å². The Labute approximate surface area is 208 Å². The normalized spacial score (nSPS) is 23.3. The second-order valence-electron chi connectivity index (χ2n) is 11.1. The standard InChI is InChI=1S/C28H37N3O4/c1-27(2)15-20-16-28(3,17-27)18-31(20)25(32)23(13-19-9-7-6-8-10-19)30-26(33)29-22-12-11-21(34-4)14-24(22)35-5/h6-12,14,20,23H,13,15-18H2,1-5H3,(H2,29,30,33). The number of fused-ring (bicyclic) bond motifs is 2. The van der Waals surface area contributed by atoms with Gasteiger partial charge in [0.2, 0.25) is 5.91 Å². The van der Waals surface area contributed by atoms with Gasteiger partial charge in [-0.25, -0.2) is 4.79 Å². The molecule has 4 rings (SSSR count). The highest BCUT2D eigenvalue weighted by atomic mass is 16.5. The molecule has 1 aliphatic heterocycles. The molecular weight excluding hydrogens is 442 g/mol. The number of urea groups is 1. The lowest BCUT2D eigenvalue weighted by Gasteiger charge is -2.39. The van der Waals surface area contributed by atoms with E-state index in [-0.39, 0.29) is 22.8 Å². The average Bonchev–Trinajstić information content (AvgIpc) is 3.07. The van der Waals surface area contributed by atoms with E-state index < -0.39 is 12.1 Å². The van der Waals surface area contributed by atoms with Crippen LogP contribution in [0.25, 0.3) is 0 Å². The Bertz CT molecular complexity index is 1070. The van der Waals surface area contributed by atoms with Gasteiger partial charge in [-0.2, -0.15) is 0 Å². The molecule has 0 spiro atoms. The number of ether oxygens (including phenoxy) is 2. The van der Waals surface area contributed by atoms with Crippen molar-refractivity contribution in [2.45, 2.75) is 58.5 Å². The van der Waals surface area contributed by atoms with E-state index >= 15 is 0 Å². The number of carbonyl (C=O) groups is 2. The molecule has 7 heteroatoms. The molecule has 2 bridgehead atoms. The summed E-state index contributed by atoms with van der Waals surface area (Å²) in [4.78, 5) is 29.0. The second kappa shape index (κ2) is 9.80. The number of carbonyl (C=O) groups excluding carboxylic acids is 2. The first-order chi connectivity index (χ1) is 16.6. The summed E-state index contributed by atoms with van der Waals surface area (Å²) < 4.78 is 10.6. The lowest BCUT2D eigenvalue weighted by molar-refractivity contribution is -0.134. The number of nitrogens with one attached hydrogen (secondary N) is 2. The van der Waals surface area contributed by atoms with E-state index in [9.17, 15) is 9.59 Å². The minimum Gasteiger partial charge on any atom is -0.497 e. The summed E-state index contributed by atoms with van der Waals surface area (Å²) in [6, 6.07) is 14.1. The van der Waals surface area contributed by atoms with Crippen LogP contribution in [-0.2, 0) is 11.2 Å². The van der Waals surface area contributed by atoms with Crippen LogP contribution < -0.4 is 20.1 Å². The zero-order valence-corrected chi connectivity index (χ0v) is 21.4. The monoisotopic (exact) mass is 479 g/mol. The maximum atomic E-state index is 13.9. The highest BCUT2D eigenvalue weighted by Crippen LogP contribution is 2.52. The zero-order valence-electron chi connectivity index (χ0n) is 21.4. The Morgan fingerprint density at radius 2 is 1.80 bits per heavy atom. The molecule has 3 atom stereocenters. The first-order valence-electron chi connectivity index (χ1n) is 12.3. The van der Waals surface area contributed by atoms with E-state index in [1.165, 1.54) is 7.11 Å². The van der Waals surface area contributed by atoms with Crippen LogP contribution in [0.4, 0.5) is 10.5 Å². The molecule has 0 aromatic heterocycles. The van der Waals surface area contributed by atoms with Crippen LogP contribution in [0.15, 0.2) is 48.5 Å². The van der Waals surface area contributed by atoms with E-state index in [0.29, 0.717) is 23.6 Å². The molecule has 2 N–H and O–H groups in total. The third kappa shape index (κ3) is 5.72. The van der Waals surface area contributed by atoms with Gasteiger partial charge < -0.3 is 25.0 Å². The Hall–Kier alpha value is -3.22. The highest BCUT2D eigenvalue weighted by molar-refractivity contribution is 5.95. The Morgan fingerprint density at radius 3 is 2.49 bits per heavy atom. The molecule has 188 valence electrons. The first kappa shape index (κ1) is 24.9. The van der Waals surface area contributed by atoms with Crippen LogP contribution in [0.2, 0.25) is 0 Å². The molecule has 7 nitrogen and oxygen atoms in total. The number of amides is 3. The number of hydrogen-bond acceptors (Lipinski definition) is 4. The molecule has 1 heterocycles. The highest BCUT2D eigenvalue weighted by Gasteiger charge is 2.51. The molecule has 35 heavy (non-hydrogen) atoms. The van der Waals surface area contributed by atoms with Crippen molar-refractivity contribution in [1.29, 1.82) is 0 Å². The van der Waals surface area contributed by atoms with Crippen LogP contribution in [0.1, 0.15) is 45.6 Å². The van der Waals surface area contributed by atoms with E-state index in [0.717, 1.165) is 31.4 Å². The van der Waals surface area contributed by atoms with Crippen molar-refractivity contribution in [2.75, 3.05) is 26.1 Å². The van der Waals surface area contributed by atoms with Gasteiger partial charge in [-0.15, -0.1) is 0 Å². The van der Waals surface area contributed by atoms with Gasteiger partial charge in [-0.05, 0) is 47.8 Å². The Kier molecular flexibility index (Phi) is 6.97. The summed E-state index contributed by atoms with van der Waals surface area (Å²) in [5.41, 5.74) is 1.83. The van der Waals surface area contributed by atoms with Crippen LogP contribution in [-0.4, -0.2) is 49.7 Å². The largest absolute Gasteiger partial charge is 0.497 e. The number of anilines is 1. The van der Waals surface area contributed by atoms with Gasteiger partial charge >= 0.3 is 6.03 Å². The van der Waals surface area contributed by atoms with Gasteiger partial charge in [-0.3, -0.25) is 4.79 Å². The van der Waals surface area contributed by atoms with Gasteiger partial charge in [0.05, 0.1) is 19.9 Å². The smallest absolute Gasteiger partial charge is 0.320 e. The third-order valence-electron chi connectivity index (χ3n) is 7.24. The number of benzene rings is 2. The van der Waals surface area contributed by atoms with Crippen molar-refractivity contribution in [3.05, 3.63) is 54.1 Å². The van der Waals surface area contributed by atoms with Crippen LogP contribution in [0, 0.1) is 10.8 Å². The Morgan fingerprint density at radius 1 is 1.06 bits per heavy atom. The summed E-state index contributed by atoms with van der Waals surface area (Å²) in [6.45, 7) is 7.61. The molecule has 2 aromatic rings. The molecule has 0 radical (unpaired) electrons. The maximum absolute atomic E-state index is 13.9. The number of nitrogens with zero attached hydrogens (tertiary/aromatic N) is 1. The fourth-order valence-corrected chi connectivity index (χ4v) is 6.19. The fraction of sp³-hybridized carbons (Fsp3) is 0.500. The minimum absolute atomic E-state index is 0.0166. The molecule has 3 unspecified atom stereocenters. The third-order valence-corrected chi connectivity index (χ3v) is 7.24. The molecule has 3 amide bonds. The molecule has 1 aliphatic carbocycles. The van der Waals surface area contributed by atoms with Gasteiger partial charge in [0.25, 0.3) is 0 Å². The molecule has 2 aliphatic rings. The van der Waals surface area contributed by atoms with E-state index in [1.807, 2.05) is 35.2 Å². The van der Waals surface area contributed by atoms with Crippen molar-refractivity contribution in [2.24, 2.45) is 10.8 Å². The lowest BCUT2D eigenvalue weighted by Crippen LogP contribution is -2.52. The quantitative estimate of drug-likeness (QED) is 0.594. The summed E-state index contributed by atoms with van der Waals surface area (Å²) >= 11 is 0. The van der Waals surface area contributed by atoms with Crippen molar-refractivity contribution in [3.8, 4) is 11.5 Å². The number of hydrogen-bond donors (Lipinski definition) is 2. The van der Waals surface area contributed by atoms with E-state index in [4.69, 9.17) is 9.47 Å². The van der Waals surface area contributed by atoms with Crippen LogP contribution in [0.3, 0.4) is 0 Å². The molecule has 1 saturated heterocycles. The number of rotatable bonds is 7.